The summed E-state index contributed by atoms with van der Waals surface area (Å²) in [6.45, 7) is 4.38. The summed E-state index contributed by atoms with van der Waals surface area (Å²) in [4.78, 5) is 0. The first-order valence-electron chi connectivity index (χ1n) is 5.32. The molecule has 1 fully saturated rings. The number of rotatable bonds is 3. The molecule has 2 rings (SSSR count). The van der Waals surface area contributed by atoms with E-state index in [1.165, 1.54) is 42.4 Å². The minimum atomic E-state index is 1.06. The summed E-state index contributed by atoms with van der Waals surface area (Å²) in [6.07, 6.45) is 5.64. The lowest BCUT2D eigenvalue weighted by Gasteiger charge is -2.04. The van der Waals surface area contributed by atoms with Crippen LogP contribution in [0.5, 0.6) is 0 Å². The van der Waals surface area contributed by atoms with Gasteiger partial charge in [0.15, 0.2) is 0 Å². The van der Waals surface area contributed by atoms with Crippen LogP contribution in [0, 0.1) is 19.8 Å². The molecule has 0 saturated heterocycles. The molecule has 0 bridgehead atoms. The Morgan fingerprint density at radius 3 is 2.54 bits per heavy atom. The zero-order valence-corrected chi connectivity index (χ0v) is 8.64. The first-order chi connectivity index (χ1) is 6.25. The van der Waals surface area contributed by atoms with Gasteiger partial charge in [-0.25, -0.2) is 0 Å². The number of hydrogen-bond donors (Lipinski definition) is 0. The van der Waals surface area contributed by atoms with Crippen molar-refractivity contribution in [2.45, 2.75) is 39.5 Å². The van der Waals surface area contributed by atoms with Gasteiger partial charge in [0.1, 0.15) is 0 Å². The summed E-state index contributed by atoms with van der Waals surface area (Å²) in [5.41, 5.74) is 4.37. The predicted octanol–water partition coefficient (Wildman–Crippen LogP) is 3.65. The molecule has 13 heavy (non-hydrogen) atoms. The Morgan fingerprint density at radius 2 is 1.92 bits per heavy atom. The second-order valence-electron chi connectivity index (χ2n) is 4.40. The molecular formula is C13H18. The molecule has 1 aromatic carbocycles. The molecule has 0 heterocycles. The Balaban J connectivity index is 1.98. The fourth-order valence-corrected chi connectivity index (χ4v) is 1.74. The second kappa shape index (κ2) is 3.53. The van der Waals surface area contributed by atoms with Crippen molar-refractivity contribution in [2.24, 2.45) is 5.92 Å². The lowest BCUT2D eigenvalue weighted by molar-refractivity contribution is 0.726. The standard InChI is InChI=1S/C13H18/c1-10-3-4-13(9-11(10)2)8-7-12-5-6-12/h3-4,9,12H,5-8H2,1-2H3. The average Bonchev–Trinajstić information content (AvgIpc) is 2.91. The fourth-order valence-electron chi connectivity index (χ4n) is 1.74. The Labute approximate surface area is 81.0 Å². The van der Waals surface area contributed by atoms with Gasteiger partial charge in [-0.15, -0.1) is 0 Å². The van der Waals surface area contributed by atoms with E-state index in [1.54, 1.807) is 0 Å². The van der Waals surface area contributed by atoms with Crippen LogP contribution in [0.25, 0.3) is 0 Å². The van der Waals surface area contributed by atoms with Gasteiger partial charge in [-0.1, -0.05) is 31.0 Å². The zero-order chi connectivity index (χ0) is 9.26. The van der Waals surface area contributed by atoms with Gasteiger partial charge in [-0.2, -0.15) is 0 Å². The van der Waals surface area contributed by atoms with Crippen molar-refractivity contribution in [1.82, 2.24) is 0 Å². The molecule has 0 unspecified atom stereocenters. The third-order valence-corrected chi connectivity index (χ3v) is 3.11. The summed E-state index contributed by atoms with van der Waals surface area (Å²) in [6, 6.07) is 6.87. The van der Waals surface area contributed by atoms with Crippen molar-refractivity contribution < 1.29 is 0 Å². The molecule has 0 spiro atoms. The van der Waals surface area contributed by atoms with E-state index in [9.17, 15) is 0 Å². The van der Waals surface area contributed by atoms with Gasteiger partial charge in [0.25, 0.3) is 0 Å². The minimum Gasteiger partial charge on any atom is -0.0588 e. The molecule has 1 aromatic rings. The van der Waals surface area contributed by atoms with Crippen LogP contribution in [0.4, 0.5) is 0 Å². The molecule has 70 valence electrons. The third kappa shape index (κ3) is 2.33. The van der Waals surface area contributed by atoms with Crippen LogP contribution < -0.4 is 0 Å². The molecule has 0 aliphatic heterocycles. The van der Waals surface area contributed by atoms with Gasteiger partial charge in [-0.05, 0) is 49.3 Å². The van der Waals surface area contributed by atoms with Crippen LogP contribution in [-0.4, -0.2) is 0 Å². The summed E-state index contributed by atoms with van der Waals surface area (Å²) in [5.74, 6) is 1.06. The molecule has 0 N–H and O–H groups in total. The fraction of sp³-hybridized carbons (Fsp3) is 0.538. The number of hydrogen-bond acceptors (Lipinski definition) is 0. The van der Waals surface area contributed by atoms with Gasteiger partial charge in [0.2, 0.25) is 0 Å². The monoisotopic (exact) mass is 174 g/mol. The van der Waals surface area contributed by atoms with Gasteiger partial charge < -0.3 is 0 Å². The van der Waals surface area contributed by atoms with Crippen molar-refractivity contribution in [2.75, 3.05) is 0 Å². The van der Waals surface area contributed by atoms with Gasteiger partial charge in [0.05, 0.1) is 0 Å². The molecule has 0 radical (unpaired) electrons. The number of aryl methyl sites for hydroxylation is 3. The van der Waals surface area contributed by atoms with Gasteiger partial charge in [0, 0.05) is 0 Å². The topological polar surface area (TPSA) is 0 Å². The summed E-state index contributed by atoms with van der Waals surface area (Å²) >= 11 is 0. The highest BCUT2D eigenvalue weighted by atomic mass is 14.3. The highest BCUT2D eigenvalue weighted by Crippen LogP contribution is 2.33. The summed E-state index contributed by atoms with van der Waals surface area (Å²) in [7, 11) is 0. The zero-order valence-electron chi connectivity index (χ0n) is 8.64. The number of benzene rings is 1. The average molecular weight is 174 g/mol. The maximum Gasteiger partial charge on any atom is -0.0276 e. The molecule has 0 heteroatoms. The Morgan fingerprint density at radius 1 is 1.15 bits per heavy atom. The largest absolute Gasteiger partial charge is 0.0588 e. The van der Waals surface area contributed by atoms with E-state index in [0.29, 0.717) is 0 Å². The first-order valence-corrected chi connectivity index (χ1v) is 5.32. The smallest absolute Gasteiger partial charge is 0.0276 e. The van der Waals surface area contributed by atoms with Crippen LogP contribution in [0.15, 0.2) is 18.2 Å². The Kier molecular flexibility index (Phi) is 2.39. The van der Waals surface area contributed by atoms with Crippen LogP contribution in [0.2, 0.25) is 0 Å². The van der Waals surface area contributed by atoms with E-state index in [2.05, 4.69) is 32.0 Å². The van der Waals surface area contributed by atoms with Crippen molar-refractivity contribution in [3.63, 3.8) is 0 Å². The quantitative estimate of drug-likeness (QED) is 0.656. The van der Waals surface area contributed by atoms with Gasteiger partial charge >= 0.3 is 0 Å². The Hall–Kier alpha value is -0.780. The molecular weight excluding hydrogens is 156 g/mol. The van der Waals surface area contributed by atoms with Crippen LogP contribution in [0.3, 0.4) is 0 Å². The van der Waals surface area contributed by atoms with Crippen molar-refractivity contribution in [3.05, 3.63) is 34.9 Å². The van der Waals surface area contributed by atoms with Gasteiger partial charge in [-0.3, -0.25) is 0 Å². The first kappa shape index (κ1) is 8.80. The summed E-state index contributed by atoms with van der Waals surface area (Å²) < 4.78 is 0. The van der Waals surface area contributed by atoms with E-state index >= 15 is 0 Å². The highest BCUT2D eigenvalue weighted by molar-refractivity contribution is 5.29. The molecule has 0 nitrogen and oxygen atoms in total. The van der Waals surface area contributed by atoms with Crippen LogP contribution in [0.1, 0.15) is 36.0 Å². The molecule has 1 saturated carbocycles. The molecule has 1 aliphatic carbocycles. The van der Waals surface area contributed by atoms with Crippen molar-refractivity contribution in [3.8, 4) is 0 Å². The lowest BCUT2D eigenvalue weighted by atomic mass is 10.0. The van der Waals surface area contributed by atoms with Crippen LogP contribution in [-0.2, 0) is 6.42 Å². The van der Waals surface area contributed by atoms with Crippen molar-refractivity contribution in [1.29, 1.82) is 0 Å². The van der Waals surface area contributed by atoms with E-state index < -0.39 is 0 Å². The SMILES string of the molecule is Cc1ccc(CCC2CC2)cc1C. The lowest BCUT2D eigenvalue weighted by Crippen LogP contribution is -1.89. The Bertz CT molecular complexity index is 295. The van der Waals surface area contributed by atoms with Crippen molar-refractivity contribution >= 4 is 0 Å². The highest BCUT2D eigenvalue weighted by Gasteiger charge is 2.20. The molecule has 0 amide bonds. The summed E-state index contributed by atoms with van der Waals surface area (Å²) in [5, 5.41) is 0. The predicted molar refractivity (Wildman–Crippen MR) is 57.0 cm³/mol. The van der Waals surface area contributed by atoms with E-state index in [-0.39, 0.29) is 0 Å². The minimum absolute atomic E-state index is 1.06. The molecule has 1 aliphatic rings. The molecule has 0 atom stereocenters. The van der Waals surface area contributed by atoms with E-state index in [1.807, 2.05) is 0 Å². The second-order valence-corrected chi connectivity index (χ2v) is 4.40. The molecule has 0 aromatic heterocycles. The van der Waals surface area contributed by atoms with E-state index in [4.69, 9.17) is 0 Å². The normalized spacial score (nSPS) is 16.2. The van der Waals surface area contributed by atoms with E-state index in [0.717, 1.165) is 5.92 Å². The maximum absolute atomic E-state index is 2.34. The third-order valence-electron chi connectivity index (χ3n) is 3.11. The van der Waals surface area contributed by atoms with Crippen LogP contribution >= 0.6 is 0 Å². The maximum atomic E-state index is 2.34.